The number of rotatable bonds is 4. The Morgan fingerprint density at radius 1 is 1.59 bits per heavy atom. The molecular weight excluding hydrogens is 234 g/mol. The van der Waals surface area contributed by atoms with E-state index >= 15 is 0 Å². The Balaban J connectivity index is 2.49. The zero-order valence-corrected chi connectivity index (χ0v) is 10.9. The molecule has 1 aromatic heterocycles. The van der Waals surface area contributed by atoms with Gasteiger partial charge in [-0.05, 0) is 20.2 Å². The van der Waals surface area contributed by atoms with Crippen LogP contribution in [-0.4, -0.2) is 44.5 Å². The highest BCUT2D eigenvalue weighted by molar-refractivity contribution is 7.10. The van der Waals surface area contributed by atoms with Gasteiger partial charge in [-0.3, -0.25) is 4.79 Å². The molecule has 92 valence electrons. The Hall–Kier alpha value is -1.35. The van der Waals surface area contributed by atoms with Crippen molar-refractivity contribution in [1.82, 2.24) is 10.2 Å². The highest BCUT2D eigenvalue weighted by Gasteiger charge is 2.07. The van der Waals surface area contributed by atoms with E-state index in [1.807, 2.05) is 24.4 Å². The van der Waals surface area contributed by atoms with E-state index in [-0.39, 0.29) is 5.91 Å². The molecule has 0 atom stereocenters. The number of hydrogen-bond donors (Lipinski definition) is 2. The minimum Gasteiger partial charge on any atom is -0.351 e. The van der Waals surface area contributed by atoms with Crippen LogP contribution in [0.3, 0.4) is 0 Å². The van der Waals surface area contributed by atoms with Gasteiger partial charge in [0, 0.05) is 18.5 Å². The lowest BCUT2D eigenvalue weighted by Crippen LogP contribution is -2.31. The summed E-state index contributed by atoms with van der Waals surface area (Å²) in [5.41, 5.74) is 5.95. The summed E-state index contributed by atoms with van der Waals surface area (Å²) < 4.78 is 0. The van der Waals surface area contributed by atoms with Crippen LogP contribution in [0.4, 0.5) is 0 Å². The Morgan fingerprint density at radius 3 is 3.00 bits per heavy atom. The standard InChI is InChI=1S/C12H17N3OS/c1-15(2)7-6-14-12(16)10-8-11(17-9-10)4-3-5-13/h8-9H,5-7,13H2,1-2H3,(H,14,16). The van der Waals surface area contributed by atoms with Gasteiger partial charge in [-0.2, -0.15) is 0 Å². The maximum Gasteiger partial charge on any atom is 0.252 e. The van der Waals surface area contributed by atoms with E-state index in [4.69, 9.17) is 5.73 Å². The summed E-state index contributed by atoms with van der Waals surface area (Å²) in [5.74, 6) is 5.62. The Morgan fingerprint density at radius 2 is 2.35 bits per heavy atom. The van der Waals surface area contributed by atoms with E-state index in [0.29, 0.717) is 18.7 Å². The molecule has 5 heteroatoms. The fourth-order valence-corrected chi connectivity index (χ4v) is 1.91. The number of carbonyl (C=O) groups is 1. The third kappa shape index (κ3) is 5.00. The largest absolute Gasteiger partial charge is 0.351 e. The second-order valence-corrected chi connectivity index (χ2v) is 4.68. The van der Waals surface area contributed by atoms with Crippen LogP contribution in [0.25, 0.3) is 0 Å². The van der Waals surface area contributed by atoms with E-state index in [0.717, 1.165) is 11.4 Å². The summed E-state index contributed by atoms with van der Waals surface area (Å²) in [6.45, 7) is 1.81. The van der Waals surface area contributed by atoms with Gasteiger partial charge in [-0.1, -0.05) is 11.8 Å². The van der Waals surface area contributed by atoms with Gasteiger partial charge in [0.25, 0.3) is 5.91 Å². The summed E-state index contributed by atoms with van der Waals surface area (Å²) >= 11 is 1.46. The monoisotopic (exact) mass is 251 g/mol. The second kappa shape index (κ2) is 7.07. The van der Waals surface area contributed by atoms with Crippen molar-refractivity contribution in [2.45, 2.75) is 0 Å². The molecule has 0 aliphatic heterocycles. The summed E-state index contributed by atoms with van der Waals surface area (Å²) in [7, 11) is 3.94. The van der Waals surface area contributed by atoms with Crippen molar-refractivity contribution in [2.75, 3.05) is 33.7 Å². The molecule has 1 heterocycles. The SMILES string of the molecule is CN(C)CCNC(=O)c1csc(C#CCN)c1. The van der Waals surface area contributed by atoms with E-state index < -0.39 is 0 Å². The zero-order chi connectivity index (χ0) is 12.7. The normalized spacial score (nSPS) is 9.88. The lowest BCUT2D eigenvalue weighted by atomic mass is 10.3. The fraction of sp³-hybridized carbons (Fsp3) is 0.417. The number of likely N-dealkylation sites (N-methyl/N-ethyl adjacent to an activating group) is 1. The molecule has 0 bridgehead atoms. The van der Waals surface area contributed by atoms with Gasteiger partial charge in [0.2, 0.25) is 0 Å². The smallest absolute Gasteiger partial charge is 0.252 e. The average molecular weight is 251 g/mol. The molecule has 1 rings (SSSR count). The van der Waals surface area contributed by atoms with Gasteiger partial charge >= 0.3 is 0 Å². The van der Waals surface area contributed by atoms with Crippen molar-refractivity contribution in [3.63, 3.8) is 0 Å². The molecule has 1 amide bonds. The molecule has 0 fully saturated rings. The highest BCUT2D eigenvalue weighted by atomic mass is 32.1. The molecule has 17 heavy (non-hydrogen) atoms. The molecule has 3 N–H and O–H groups in total. The summed E-state index contributed by atoms with van der Waals surface area (Å²) in [5, 5.41) is 4.66. The molecule has 1 aromatic rings. The molecular formula is C12H17N3OS. The van der Waals surface area contributed by atoms with Crippen molar-refractivity contribution in [3.05, 3.63) is 21.9 Å². The maximum atomic E-state index is 11.7. The molecule has 0 radical (unpaired) electrons. The van der Waals surface area contributed by atoms with Gasteiger partial charge in [-0.15, -0.1) is 11.3 Å². The van der Waals surface area contributed by atoms with Gasteiger partial charge in [0.15, 0.2) is 0 Å². The number of thiophene rings is 1. The Labute approximate surface area is 106 Å². The molecule has 0 aromatic carbocycles. The fourth-order valence-electron chi connectivity index (χ4n) is 1.15. The van der Waals surface area contributed by atoms with Crippen molar-refractivity contribution in [2.24, 2.45) is 5.73 Å². The summed E-state index contributed by atoms with van der Waals surface area (Å²) in [4.78, 5) is 14.6. The molecule has 0 unspecified atom stereocenters. The Kier molecular flexibility index (Phi) is 5.70. The molecule has 0 spiro atoms. The van der Waals surface area contributed by atoms with Gasteiger partial charge in [0.1, 0.15) is 0 Å². The lowest BCUT2D eigenvalue weighted by molar-refractivity contribution is 0.0951. The predicted octanol–water partition coefficient (Wildman–Crippen LogP) is 0.350. The van der Waals surface area contributed by atoms with Crippen LogP contribution in [0.1, 0.15) is 15.2 Å². The van der Waals surface area contributed by atoms with Crippen LogP contribution in [0.15, 0.2) is 11.4 Å². The zero-order valence-electron chi connectivity index (χ0n) is 10.1. The van der Waals surface area contributed by atoms with Crippen LogP contribution in [0.2, 0.25) is 0 Å². The third-order valence-electron chi connectivity index (χ3n) is 2.02. The number of carbonyl (C=O) groups excluding carboxylic acids is 1. The van der Waals surface area contributed by atoms with Crippen LogP contribution >= 0.6 is 11.3 Å². The molecule has 4 nitrogen and oxygen atoms in total. The van der Waals surface area contributed by atoms with Crippen LogP contribution in [0, 0.1) is 11.8 Å². The van der Waals surface area contributed by atoms with Crippen molar-refractivity contribution >= 4 is 17.2 Å². The number of nitrogens with zero attached hydrogens (tertiary/aromatic N) is 1. The van der Waals surface area contributed by atoms with Crippen molar-refractivity contribution in [3.8, 4) is 11.8 Å². The molecule has 0 saturated heterocycles. The van der Waals surface area contributed by atoms with Crippen molar-refractivity contribution in [1.29, 1.82) is 0 Å². The summed E-state index contributed by atoms with van der Waals surface area (Å²) in [6.07, 6.45) is 0. The second-order valence-electron chi connectivity index (χ2n) is 3.76. The highest BCUT2D eigenvalue weighted by Crippen LogP contribution is 2.13. The van der Waals surface area contributed by atoms with E-state index in [1.165, 1.54) is 11.3 Å². The topological polar surface area (TPSA) is 58.4 Å². The first kappa shape index (κ1) is 13.7. The van der Waals surface area contributed by atoms with E-state index in [1.54, 1.807) is 6.07 Å². The van der Waals surface area contributed by atoms with Crippen LogP contribution in [-0.2, 0) is 0 Å². The number of nitrogens with two attached hydrogens (primary N) is 1. The minimum absolute atomic E-state index is 0.0519. The van der Waals surface area contributed by atoms with Crippen LogP contribution in [0.5, 0.6) is 0 Å². The Bertz CT molecular complexity index is 428. The first-order valence-corrected chi connectivity index (χ1v) is 6.22. The van der Waals surface area contributed by atoms with Gasteiger partial charge in [-0.25, -0.2) is 0 Å². The molecule has 0 saturated carbocycles. The number of amides is 1. The quantitative estimate of drug-likeness (QED) is 0.759. The van der Waals surface area contributed by atoms with Crippen molar-refractivity contribution < 1.29 is 4.79 Å². The van der Waals surface area contributed by atoms with Gasteiger partial charge < -0.3 is 16.0 Å². The number of hydrogen-bond acceptors (Lipinski definition) is 4. The first-order chi connectivity index (χ1) is 8.13. The lowest BCUT2D eigenvalue weighted by Gasteiger charge is -2.09. The van der Waals surface area contributed by atoms with E-state index in [9.17, 15) is 4.79 Å². The third-order valence-corrected chi connectivity index (χ3v) is 2.87. The van der Waals surface area contributed by atoms with Crippen LogP contribution < -0.4 is 11.1 Å². The number of nitrogens with one attached hydrogen (secondary N) is 1. The summed E-state index contributed by atoms with van der Waals surface area (Å²) in [6, 6.07) is 1.79. The minimum atomic E-state index is -0.0519. The maximum absolute atomic E-state index is 11.7. The average Bonchev–Trinajstić information content (AvgIpc) is 2.74. The molecule has 0 aliphatic rings. The molecule has 0 aliphatic carbocycles. The van der Waals surface area contributed by atoms with E-state index in [2.05, 4.69) is 17.2 Å². The predicted molar refractivity (Wildman–Crippen MR) is 71.1 cm³/mol. The first-order valence-electron chi connectivity index (χ1n) is 5.34. The van der Waals surface area contributed by atoms with Gasteiger partial charge in [0.05, 0.1) is 17.0 Å².